The zero-order chi connectivity index (χ0) is 17.1. The van der Waals surface area contributed by atoms with Crippen molar-refractivity contribution in [1.82, 2.24) is 0 Å². The molecule has 0 radical (unpaired) electrons. The smallest absolute Gasteiger partial charge is 0.228 e. The molecule has 3 rings (SSSR count). The normalized spacial score (nSPS) is 14.1. The number of amides is 2. The maximum absolute atomic E-state index is 12.2. The maximum Gasteiger partial charge on any atom is 0.228 e. The number of nitrogens with zero attached hydrogens (tertiary/aromatic N) is 1. The average Bonchev–Trinajstić information content (AvgIpc) is 2.99. The number of halogens is 1. The molecular formula is C19H19ClN2O2. The molecule has 1 heterocycles. The van der Waals surface area contributed by atoms with Crippen LogP contribution in [0.1, 0.15) is 24.0 Å². The van der Waals surface area contributed by atoms with Gasteiger partial charge in [-0.2, -0.15) is 0 Å². The van der Waals surface area contributed by atoms with E-state index in [0.29, 0.717) is 11.4 Å². The van der Waals surface area contributed by atoms with Crippen LogP contribution in [-0.4, -0.2) is 18.4 Å². The van der Waals surface area contributed by atoms with Crippen molar-refractivity contribution in [3.63, 3.8) is 0 Å². The standard InChI is InChI=1S/C19H19ClN2O2/c1-13-16(20)4-2-5-17(13)21-18(23)12-14-7-9-15(10-8-14)22-11-3-6-19(22)24/h2,4-5,7-10H,3,6,11-12H2,1H3,(H,21,23). The molecule has 0 atom stereocenters. The van der Waals surface area contributed by atoms with Gasteiger partial charge in [-0.1, -0.05) is 29.8 Å². The summed E-state index contributed by atoms with van der Waals surface area (Å²) in [5.74, 6) is 0.0716. The Morgan fingerprint density at radius 1 is 1.21 bits per heavy atom. The van der Waals surface area contributed by atoms with Gasteiger partial charge in [-0.15, -0.1) is 0 Å². The van der Waals surface area contributed by atoms with Crippen LogP contribution >= 0.6 is 11.6 Å². The van der Waals surface area contributed by atoms with E-state index < -0.39 is 0 Å². The lowest BCUT2D eigenvalue weighted by Crippen LogP contribution is -2.23. The van der Waals surface area contributed by atoms with Gasteiger partial charge >= 0.3 is 0 Å². The van der Waals surface area contributed by atoms with Crippen LogP contribution in [0, 0.1) is 6.92 Å². The van der Waals surface area contributed by atoms with Crippen LogP contribution in [0.2, 0.25) is 5.02 Å². The van der Waals surface area contributed by atoms with Crippen molar-refractivity contribution in [2.75, 3.05) is 16.8 Å². The van der Waals surface area contributed by atoms with Crippen LogP contribution in [0.4, 0.5) is 11.4 Å². The van der Waals surface area contributed by atoms with Gasteiger partial charge in [0, 0.05) is 29.4 Å². The lowest BCUT2D eigenvalue weighted by atomic mass is 10.1. The molecular weight excluding hydrogens is 324 g/mol. The minimum absolute atomic E-state index is 0.0923. The van der Waals surface area contributed by atoms with E-state index in [1.165, 1.54) is 0 Å². The fraction of sp³-hybridized carbons (Fsp3) is 0.263. The van der Waals surface area contributed by atoms with Crippen molar-refractivity contribution < 1.29 is 9.59 Å². The summed E-state index contributed by atoms with van der Waals surface area (Å²) >= 11 is 6.07. The molecule has 2 amide bonds. The predicted molar refractivity (Wildman–Crippen MR) is 96.6 cm³/mol. The van der Waals surface area contributed by atoms with E-state index in [4.69, 9.17) is 11.6 Å². The molecule has 0 aromatic heterocycles. The second-order valence-electron chi connectivity index (χ2n) is 5.95. The van der Waals surface area contributed by atoms with E-state index in [0.717, 1.165) is 35.5 Å². The van der Waals surface area contributed by atoms with Gasteiger partial charge in [0.05, 0.1) is 6.42 Å². The van der Waals surface area contributed by atoms with Gasteiger partial charge in [0.1, 0.15) is 0 Å². The van der Waals surface area contributed by atoms with Crippen molar-refractivity contribution in [3.05, 3.63) is 58.6 Å². The van der Waals surface area contributed by atoms with Gasteiger partial charge in [-0.25, -0.2) is 0 Å². The summed E-state index contributed by atoms with van der Waals surface area (Å²) in [6.07, 6.45) is 1.80. The molecule has 1 fully saturated rings. The fourth-order valence-electron chi connectivity index (χ4n) is 2.84. The predicted octanol–water partition coefficient (Wildman–Crippen LogP) is 3.96. The van der Waals surface area contributed by atoms with Gasteiger partial charge < -0.3 is 10.2 Å². The number of carbonyl (C=O) groups excluding carboxylic acids is 2. The van der Waals surface area contributed by atoms with Crippen LogP contribution in [0.5, 0.6) is 0 Å². The fourth-order valence-corrected chi connectivity index (χ4v) is 3.01. The summed E-state index contributed by atoms with van der Waals surface area (Å²) in [7, 11) is 0. The Morgan fingerprint density at radius 2 is 1.96 bits per heavy atom. The number of benzene rings is 2. The summed E-state index contributed by atoms with van der Waals surface area (Å²) in [6, 6.07) is 13.0. The molecule has 2 aromatic rings. The highest BCUT2D eigenvalue weighted by atomic mass is 35.5. The minimum atomic E-state index is -0.0923. The average molecular weight is 343 g/mol. The quantitative estimate of drug-likeness (QED) is 0.914. The summed E-state index contributed by atoms with van der Waals surface area (Å²) in [4.78, 5) is 25.8. The van der Waals surface area contributed by atoms with Gasteiger partial charge in [-0.3, -0.25) is 9.59 Å². The van der Waals surface area contributed by atoms with Crippen molar-refractivity contribution in [3.8, 4) is 0 Å². The molecule has 24 heavy (non-hydrogen) atoms. The highest BCUT2D eigenvalue weighted by Gasteiger charge is 2.21. The molecule has 0 unspecified atom stereocenters. The number of nitrogens with one attached hydrogen (secondary N) is 1. The summed E-state index contributed by atoms with van der Waals surface area (Å²) < 4.78 is 0. The molecule has 0 bridgehead atoms. The van der Waals surface area contributed by atoms with Crippen LogP contribution in [-0.2, 0) is 16.0 Å². The zero-order valence-electron chi connectivity index (χ0n) is 13.5. The van der Waals surface area contributed by atoms with E-state index in [9.17, 15) is 9.59 Å². The number of hydrogen-bond donors (Lipinski definition) is 1. The third-order valence-electron chi connectivity index (χ3n) is 4.23. The summed E-state index contributed by atoms with van der Waals surface area (Å²) in [5, 5.41) is 3.52. The molecule has 1 aliphatic heterocycles. The third kappa shape index (κ3) is 3.60. The molecule has 1 N–H and O–H groups in total. The Kier molecular flexibility index (Phi) is 4.86. The molecule has 1 aliphatic rings. The number of anilines is 2. The molecule has 0 aliphatic carbocycles. The van der Waals surface area contributed by atoms with Crippen LogP contribution < -0.4 is 10.2 Å². The highest BCUT2D eigenvalue weighted by molar-refractivity contribution is 6.31. The Balaban J connectivity index is 1.64. The molecule has 1 saturated heterocycles. The van der Waals surface area contributed by atoms with E-state index in [1.807, 2.05) is 43.3 Å². The van der Waals surface area contributed by atoms with Crippen molar-refractivity contribution in [2.45, 2.75) is 26.2 Å². The Morgan fingerprint density at radius 3 is 2.62 bits per heavy atom. The van der Waals surface area contributed by atoms with E-state index >= 15 is 0 Å². The van der Waals surface area contributed by atoms with Crippen LogP contribution in [0.3, 0.4) is 0 Å². The summed E-state index contributed by atoms with van der Waals surface area (Å²) in [5.41, 5.74) is 3.39. The Bertz CT molecular complexity index is 771. The Hall–Kier alpha value is -2.33. The first-order valence-electron chi connectivity index (χ1n) is 7.99. The van der Waals surface area contributed by atoms with Crippen molar-refractivity contribution in [1.29, 1.82) is 0 Å². The van der Waals surface area contributed by atoms with Crippen LogP contribution in [0.15, 0.2) is 42.5 Å². The molecule has 0 saturated carbocycles. The second-order valence-corrected chi connectivity index (χ2v) is 6.36. The third-order valence-corrected chi connectivity index (χ3v) is 4.64. The second kappa shape index (κ2) is 7.05. The van der Waals surface area contributed by atoms with Crippen LogP contribution in [0.25, 0.3) is 0 Å². The molecule has 4 nitrogen and oxygen atoms in total. The van der Waals surface area contributed by atoms with Gasteiger partial charge in [0.2, 0.25) is 11.8 Å². The largest absolute Gasteiger partial charge is 0.326 e. The number of rotatable bonds is 4. The van der Waals surface area contributed by atoms with Gasteiger partial charge in [-0.05, 0) is 48.7 Å². The van der Waals surface area contributed by atoms with Gasteiger partial charge in [0.25, 0.3) is 0 Å². The Labute approximate surface area is 146 Å². The first-order chi connectivity index (χ1) is 11.5. The highest BCUT2D eigenvalue weighted by Crippen LogP contribution is 2.24. The first kappa shape index (κ1) is 16.5. The van der Waals surface area contributed by atoms with Crippen molar-refractivity contribution >= 4 is 34.8 Å². The molecule has 124 valence electrons. The van der Waals surface area contributed by atoms with E-state index in [1.54, 1.807) is 11.0 Å². The molecule has 0 spiro atoms. The number of carbonyl (C=O) groups is 2. The minimum Gasteiger partial charge on any atom is -0.326 e. The maximum atomic E-state index is 12.2. The van der Waals surface area contributed by atoms with Crippen molar-refractivity contribution in [2.24, 2.45) is 0 Å². The first-order valence-corrected chi connectivity index (χ1v) is 8.36. The number of hydrogen-bond acceptors (Lipinski definition) is 2. The summed E-state index contributed by atoms with van der Waals surface area (Å²) in [6.45, 7) is 2.65. The van der Waals surface area contributed by atoms with E-state index in [2.05, 4.69) is 5.32 Å². The van der Waals surface area contributed by atoms with Gasteiger partial charge in [0.15, 0.2) is 0 Å². The topological polar surface area (TPSA) is 49.4 Å². The monoisotopic (exact) mass is 342 g/mol. The zero-order valence-corrected chi connectivity index (χ0v) is 14.3. The SMILES string of the molecule is Cc1c(Cl)cccc1NC(=O)Cc1ccc(N2CCCC2=O)cc1. The lowest BCUT2D eigenvalue weighted by molar-refractivity contribution is -0.117. The van der Waals surface area contributed by atoms with E-state index in [-0.39, 0.29) is 18.2 Å². The lowest BCUT2D eigenvalue weighted by Gasteiger charge is -2.16. The molecule has 5 heteroatoms. The molecule has 2 aromatic carbocycles.